The molecule has 0 bridgehead atoms. The van der Waals surface area contributed by atoms with Gasteiger partial charge in [0.1, 0.15) is 18.1 Å². The maximum Gasteiger partial charge on any atom is 0.145 e. The van der Waals surface area contributed by atoms with E-state index in [1.807, 2.05) is 18.2 Å². The predicted octanol–water partition coefficient (Wildman–Crippen LogP) is 5.34. The highest BCUT2D eigenvalue weighted by Gasteiger charge is 2.35. The van der Waals surface area contributed by atoms with E-state index in [2.05, 4.69) is 38.1 Å². The lowest BCUT2D eigenvalue weighted by molar-refractivity contribution is 0.207. The zero-order valence-corrected chi connectivity index (χ0v) is 13.9. The van der Waals surface area contributed by atoms with Crippen LogP contribution in [0.1, 0.15) is 45.1 Å². The predicted molar refractivity (Wildman–Crippen MR) is 94.1 cm³/mol. The van der Waals surface area contributed by atoms with E-state index in [0.717, 1.165) is 30.7 Å². The number of nitrogens with zero attached hydrogens (tertiary/aromatic N) is 1. The Labute approximate surface area is 138 Å². The summed E-state index contributed by atoms with van der Waals surface area (Å²) in [6.07, 6.45) is 8.79. The van der Waals surface area contributed by atoms with Gasteiger partial charge in [-0.05, 0) is 53.9 Å². The Kier molecular flexibility index (Phi) is 3.48. The summed E-state index contributed by atoms with van der Waals surface area (Å²) in [4.78, 5) is 4.97. The smallest absolute Gasteiger partial charge is 0.145 e. The van der Waals surface area contributed by atoms with Crippen LogP contribution in [-0.4, -0.2) is 5.71 Å². The van der Waals surface area contributed by atoms with E-state index in [1.165, 1.54) is 28.8 Å². The Morgan fingerprint density at radius 3 is 2.78 bits per heavy atom. The largest absolute Gasteiger partial charge is 0.487 e. The minimum Gasteiger partial charge on any atom is -0.487 e. The Bertz CT molecular complexity index is 747. The molecule has 0 amide bonds. The first-order valence-electron chi connectivity index (χ1n) is 8.50. The van der Waals surface area contributed by atoms with Crippen LogP contribution in [0.4, 0.5) is 0 Å². The van der Waals surface area contributed by atoms with Crippen LogP contribution in [0.3, 0.4) is 0 Å². The van der Waals surface area contributed by atoms with Gasteiger partial charge >= 0.3 is 0 Å². The zero-order chi connectivity index (χ0) is 15.9. The van der Waals surface area contributed by atoms with E-state index in [1.54, 1.807) is 0 Å². The topological polar surface area (TPSA) is 21.6 Å². The van der Waals surface area contributed by atoms with Gasteiger partial charge in [0.05, 0.1) is 0 Å². The van der Waals surface area contributed by atoms with Crippen LogP contribution < -0.4 is 0 Å². The minimum absolute atomic E-state index is 0.370. The molecular weight excluding hydrogens is 282 g/mol. The lowest BCUT2D eigenvalue weighted by atomic mass is 9.73. The third-order valence-corrected chi connectivity index (χ3v) is 5.00. The summed E-state index contributed by atoms with van der Waals surface area (Å²) in [7, 11) is 0. The average molecular weight is 305 g/mol. The van der Waals surface area contributed by atoms with E-state index in [4.69, 9.17) is 9.73 Å². The molecule has 1 fully saturated rings. The van der Waals surface area contributed by atoms with Gasteiger partial charge in [0, 0.05) is 5.71 Å². The van der Waals surface area contributed by atoms with Gasteiger partial charge in [-0.2, -0.15) is 0 Å². The normalized spacial score (nSPS) is 21.9. The van der Waals surface area contributed by atoms with Crippen LogP contribution in [0.15, 0.2) is 70.1 Å². The summed E-state index contributed by atoms with van der Waals surface area (Å²) >= 11 is 0. The molecule has 0 saturated heterocycles. The molecular formula is C21H23NO. The van der Waals surface area contributed by atoms with Crippen LogP contribution in [0.25, 0.3) is 0 Å². The van der Waals surface area contributed by atoms with E-state index in [-0.39, 0.29) is 0 Å². The van der Waals surface area contributed by atoms with Gasteiger partial charge in [-0.3, -0.25) is 0 Å². The van der Waals surface area contributed by atoms with Crippen molar-refractivity contribution in [3.63, 3.8) is 0 Å². The number of rotatable bonds is 3. The molecule has 2 heteroatoms. The molecule has 1 aromatic rings. The number of benzene rings is 1. The molecule has 2 aliphatic carbocycles. The molecule has 0 N–H and O–H groups in total. The molecule has 1 aliphatic heterocycles. The fourth-order valence-electron chi connectivity index (χ4n) is 3.67. The van der Waals surface area contributed by atoms with E-state index in [0.29, 0.717) is 12.0 Å². The monoisotopic (exact) mass is 305 g/mol. The van der Waals surface area contributed by atoms with Gasteiger partial charge in [-0.1, -0.05) is 50.3 Å². The highest BCUT2D eigenvalue weighted by Crippen LogP contribution is 2.45. The Balaban J connectivity index is 1.61. The van der Waals surface area contributed by atoms with Crippen LogP contribution in [0, 0.1) is 5.41 Å². The molecule has 0 radical (unpaired) electrons. The van der Waals surface area contributed by atoms with Crippen molar-refractivity contribution in [1.82, 2.24) is 0 Å². The van der Waals surface area contributed by atoms with Crippen molar-refractivity contribution in [3.8, 4) is 0 Å². The molecule has 1 saturated carbocycles. The third kappa shape index (κ3) is 2.78. The highest BCUT2D eigenvalue weighted by atomic mass is 16.5. The fraction of sp³-hybridized carbons (Fsp3) is 0.381. The number of allylic oxidation sites excluding steroid dienone is 4. The number of hydrogen-bond donors (Lipinski definition) is 0. The number of aliphatic imine (C=N–C) groups is 1. The molecule has 0 unspecified atom stereocenters. The first-order valence-corrected chi connectivity index (χ1v) is 8.50. The summed E-state index contributed by atoms with van der Waals surface area (Å²) in [6.45, 7) is 5.29. The molecule has 0 atom stereocenters. The van der Waals surface area contributed by atoms with Crippen molar-refractivity contribution in [2.45, 2.75) is 46.1 Å². The minimum atomic E-state index is 0.370. The molecule has 23 heavy (non-hydrogen) atoms. The number of ether oxygens (including phenoxy) is 1. The van der Waals surface area contributed by atoms with Crippen molar-refractivity contribution in [3.05, 3.63) is 70.6 Å². The van der Waals surface area contributed by atoms with Gasteiger partial charge in [-0.15, -0.1) is 0 Å². The molecule has 1 heterocycles. The SMILES string of the molecule is CC1(C)CCC2=C3CC=CC(OCc4ccccc4)=C3N=C2C1. The molecule has 1 aromatic carbocycles. The lowest BCUT2D eigenvalue weighted by Gasteiger charge is -2.31. The first kappa shape index (κ1) is 14.5. The zero-order valence-electron chi connectivity index (χ0n) is 13.9. The second kappa shape index (κ2) is 5.52. The quantitative estimate of drug-likeness (QED) is 0.739. The van der Waals surface area contributed by atoms with E-state index < -0.39 is 0 Å². The third-order valence-electron chi connectivity index (χ3n) is 5.00. The Morgan fingerprint density at radius 1 is 1.13 bits per heavy atom. The van der Waals surface area contributed by atoms with Crippen molar-refractivity contribution in [1.29, 1.82) is 0 Å². The van der Waals surface area contributed by atoms with Crippen LogP contribution in [0.2, 0.25) is 0 Å². The molecule has 0 spiro atoms. The number of fused-ring (bicyclic) bond motifs is 2. The van der Waals surface area contributed by atoms with Gasteiger partial charge in [0.25, 0.3) is 0 Å². The standard InChI is InChI=1S/C21H23NO/c1-21(2)12-11-16-17-9-6-10-19(20(17)22-18(16)13-21)23-14-15-7-4-3-5-8-15/h3-8,10H,9,11-14H2,1-2H3. The van der Waals surface area contributed by atoms with Crippen molar-refractivity contribution < 1.29 is 4.74 Å². The lowest BCUT2D eigenvalue weighted by Crippen LogP contribution is -2.23. The Morgan fingerprint density at radius 2 is 1.96 bits per heavy atom. The number of hydrogen-bond acceptors (Lipinski definition) is 2. The van der Waals surface area contributed by atoms with Crippen molar-refractivity contribution in [2.75, 3.05) is 0 Å². The van der Waals surface area contributed by atoms with Gasteiger partial charge in [0.2, 0.25) is 0 Å². The molecule has 4 rings (SSSR count). The van der Waals surface area contributed by atoms with E-state index >= 15 is 0 Å². The van der Waals surface area contributed by atoms with Crippen LogP contribution >= 0.6 is 0 Å². The van der Waals surface area contributed by atoms with Crippen molar-refractivity contribution >= 4 is 5.71 Å². The highest BCUT2D eigenvalue weighted by molar-refractivity contribution is 6.06. The van der Waals surface area contributed by atoms with Crippen molar-refractivity contribution in [2.24, 2.45) is 10.4 Å². The second-order valence-corrected chi connectivity index (χ2v) is 7.45. The maximum absolute atomic E-state index is 6.09. The van der Waals surface area contributed by atoms with Gasteiger partial charge in [-0.25, -0.2) is 4.99 Å². The van der Waals surface area contributed by atoms with Gasteiger partial charge in [0.15, 0.2) is 0 Å². The first-order chi connectivity index (χ1) is 11.1. The molecule has 118 valence electrons. The maximum atomic E-state index is 6.09. The van der Waals surface area contributed by atoms with Crippen LogP contribution in [0.5, 0.6) is 0 Å². The summed E-state index contributed by atoms with van der Waals surface area (Å²) in [6, 6.07) is 10.3. The molecule has 3 aliphatic rings. The summed E-state index contributed by atoms with van der Waals surface area (Å²) in [5.74, 6) is 0.933. The average Bonchev–Trinajstić information content (AvgIpc) is 2.90. The Hall–Kier alpha value is -2.09. The summed E-state index contributed by atoms with van der Waals surface area (Å²) in [5.41, 5.74) is 6.85. The summed E-state index contributed by atoms with van der Waals surface area (Å²) < 4.78 is 6.09. The fourth-order valence-corrected chi connectivity index (χ4v) is 3.67. The molecule has 0 aromatic heterocycles. The van der Waals surface area contributed by atoms with E-state index in [9.17, 15) is 0 Å². The second-order valence-electron chi connectivity index (χ2n) is 7.45. The van der Waals surface area contributed by atoms with Crippen LogP contribution in [-0.2, 0) is 11.3 Å². The summed E-state index contributed by atoms with van der Waals surface area (Å²) in [5, 5.41) is 0. The molecule has 2 nitrogen and oxygen atoms in total. The van der Waals surface area contributed by atoms with Gasteiger partial charge < -0.3 is 4.74 Å².